The van der Waals surface area contributed by atoms with E-state index in [0.29, 0.717) is 11.2 Å². The fourth-order valence-electron chi connectivity index (χ4n) is 3.93. The molecule has 0 unspecified atom stereocenters. The summed E-state index contributed by atoms with van der Waals surface area (Å²) in [6.07, 6.45) is 4.37. The Balaban J connectivity index is 1.63. The first kappa shape index (κ1) is 25.3. The molecule has 0 saturated heterocycles. The number of rotatable bonds is 7. The monoisotopic (exact) mass is 494 g/mol. The van der Waals surface area contributed by atoms with Crippen molar-refractivity contribution in [3.05, 3.63) is 103 Å². The molecule has 0 radical (unpaired) electrons. The molecular formula is C28H26N6O3. The molecule has 9 nitrogen and oxygen atoms in total. The first-order valence-corrected chi connectivity index (χ1v) is 11.9. The molecule has 2 heterocycles. The lowest BCUT2D eigenvalue weighted by Gasteiger charge is -2.10. The highest BCUT2D eigenvalue weighted by Crippen LogP contribution is 2.15. The summed E-state index contributed by atoms with van der Waals surface area (Å²) < 4.78 is 1.02. The van der Waals surface area contributed by atoms with Gasteiger partial charge in [0.05, 0.1) is 17.5 Å². The number of carbonyl (C=O) groups excluding carboxylic acids is 1. The zero-order valence-corrected chi connectivity index (χ0v) is 20.8. The molecule has 0 aliphatic rings. The highest BCUT2D eigenvalue weighted by molar-refractivity contribution is 5.95. The van der Waals surface area contributed by atoms with E-state index in [4.69, 9.17) is 0 Å². The van der Waals surface area contributed by atoms with Crippen LogP contribution in [0.15, 0.2) is 63.2 Å². The number of amides is 1. The first-order chi connectivity index (χ1) is 17.8. The van der Waals surface area contributed by atoms with Crippen LogP contribution in [-0.2, 0) is 6.42 Å². The summed E-state index contributed by atoms with van der Waals surface area (Å²) in [6, 6.07) is 16.5. The third-order valence-electron chi connectivity index (χ3n) is 6.07. The second-order valence-electron chi connectivity index (χ2n) is 8.79. The highest BCUT2D eigenvalue weighted by Gasteiger charge is 2.20. The van der Waals surface area contributed by atoms with Crippen LogP contribution in [0, 0.1) is 25.2 Å². The number of nitriles is 1. The lowest BCUT2D eigenvalue weighted by atomic mass is 10.0. The Morgan fingerprint density at radius 3 is 2.62 bits per heavy atom. The average Bonchev–Trinajstić information content (AvgIpc) is 2.89. The molecule has 0 atom stereocenters. The number of hydrogen-bond acceptors (Lipinski definition) is 6. The molecule has 0 spiro atoms. The van der Waals surface area contributed by atoms with E-state index in [1.165, 1.54) is 18.7 Å². The Kier molecular flexibility index (Phi) is 7.39. The minimum absolute atomic E-state index is 0.123. The predicted molar refractivity (Wildman–Crippen MR) is 142 cm³/mol. The minimum Gasteiger partial charge on any atom is -0.321 e. The molecule has 0 aliphatic heterocycles. The fourth-order valence-corrected chi connectivity index (χ4v) is 3.93. The Hall–Kier alpha value is -4.84. The normalized spacial score (nSPS) is 11.1. The lowest BCUT2D eigenvalue weighted by Crippen LogP contribution is -2.31. The van der Waals surface area contributed by atoms with E-state index < -0.39 is 11.5 Å². The number of nitrogens with zero attached hydrogens (tertiary/aromatic N) is 4. The number of carbonyl (C=O) groups is 1. The van der Waals surface area contributed by atoms with Gasteiger partial charge in [-0.25, -0.2) is 5.43 Å². The standard InChI is InChI=1S/C28H26N6O3/c1-4-5-6-19-9-12-24-20(13-19)14-21(26(35)31-24)16-30-32-27(36)25-18(3)23(15-29)28(37)34(33-25)22-10-7-17(2)8-11-22/h7-14,16H,4-6H2,1-3H3,(H,31,35)(H,32,36)/b30-16+. The molecule has 2 aromatic carbocycles. The molecule has 2 N–H and O–H groups in total. The van der Waals surface area contributed by atoms with E-state index in [-0.39, 0.29) is 27.9 Å². The van der Waals surface area contributed by atoms with Crippen molar-refractivity contribution >= 4 is 23.0 Å². The van der Waals surface area contributed by atoms with Crippen molar-refractivity contribution < 1.29 is 4.79 Å². The number of aryl methyl sites for hydroxylation is 2. The number of unbranched alkanes of at least 4 members (excludes halogenated alkanes) is 1. The number of benzene rings is 2. The number of hydrogen-bond donors (Lipinski definition) is 2. The number of fused-ring (bicyclic) bond motifs is 1. The Morgan fingerprint density at radius 2 is 1.92 bits per heavy atom. The third kappa shape index (κ3) is 5.38. The number of aromatic nitrogens is 3. The van der Waals surface area contributed by atoms with Gasteiger partial charge in [-0.3, -0.25) is 14.4 Å². The summed E-state index contributed by atoms with van der Waals surface area (Å²) in [4.78, 5) is 41.0. The maximum Gasteiger partial charge on any atom is 0.292 e. The van der Waals surface area contributed by atoms with Crippen molar-refractivity contribution in [2.75, 3.05) is 0 Å². The van der Waals surface area contributed by atoms with Crippen molar-refractivity contribution in [3.8, 4) is 11.8 Å². The second-order valence-corrected chi connectivity index (χ2v) is 8.79. The summed E-state index contributed by atoms with van der Waals surface area (Å²) >= 11 is 0. The van der Waals surface area contributed by atoms with Crippen molar-refractivity contribution in [2.24, 2.45) is 5.10 Å². The maximum absolute atomic E-state index is 12.9. The van der Waals surface area contributed by atoms with Gasteiger partial charge in [0.25, 0.3) is 17.0 Å². The number of H-pyrrole nitrogens is 1. The van der Waals surface area contributed by atoms with E-state index in [1.807, 2.05) is 31.2 Å². The van der Waals surface area contributed by atoms with Crippen LogP contribution in [-0.4, -0.2) is 26.9 Å². The molecular weight excluding hydrogens is 468 g/mol. The summed E-state index contributed by atoms with van der Waals surface area (Å²) in [7, 11) is 0. The van der Waals surface area contributed by atoms with Crippen LogP contribution in [0.3, 0.4) is 0 Å². The van der Waals surface area contributed by atoms with Crippen LogP contribution in [0.4, 0.5) is 0 Å². The summed E-state index contributed by atoms with van der Waals surface area (Å²) in [5.74, 6) is -0.717. The number of nitrogens with one attached hydrogen (secondary N) is 2. The van der Waals surface area contributed by atoms with Crippen molar-refractivity contribution in [2.45, 2.75) is 40.0 Å². The second kappa shape index (κ2) is 10.8. The van der Waals surface area contributed by atoms with E-state index in [0.717, 1.165) is 34.9 Å². The Morgan fingerprint density at radius 1 is 1.16 bits per heavy atom. The van der Waals surface area contributed by atoms with Gasteiger partial charge >= 0.3 is 0 Å². The van der Waals surface area contributed by atoms with Gasteiger partial charge in [-0.2, -0.15) is 20.1 Å². The van der Waals surface area contributed by atoms with Gasteiger partial charge < -0.3 is 4.98 Å². The molecule has 0 bridgehead atoms. The van der Waals surface area contributed by atoms with Gasteiger partial charge in [0.1, 0.15) is 11.6 Å². The third-order valence-corrected chi connectivity index (χ3v) is 6.07. The van der Waals surface area contributed by atoms with Gasteiger partial charge in [0.2, 0.25) is 0 Å². The van der Waals surface area contributed by atoms with Crippen LogP contribution in [0.25, 0.3) is 16.6 Å². The maximum atomic E-state index is 12.9. The SMILES string of the molecule is CCCCc1ccc2[nH]c(=O)c(/C=N/NC(=O)c3nn(-c4ccc(C)cc4)c(=O)c(C#N)c3C)cc2c1. The summed E-state index contributed by atoms with van der Waals surface area (Å²) in [5, 5.41) is 18.5. The van der Waals surface area contributed by atoms with E-state index in [2.05, 4.69) is 27.5 Å². The zero-order valence-electron chi connectivity index (χ0n) is 20.8. The Labute approximate surface area is 213 Å². The van der Waals surface area contributed by atoms with Gasteiger partial charge in [0.15, 0.2) is 5.69 Å². The predicted octanol–water partition coefficient (Wildman–Crippen LogP) is 3.67. The molecule has 0 aliphatic carbocycles. The number of hydrazone groups is 1. The molecule has 0 saturated carbocycles. The van der Waals surface area contributed by atoms with Crippen LogP contribution >= 0.6 is 0 Å². The summed E-state index contributed by atoms with van der Waals surface area (Å²) in [5.41, 5.74) is 4.79. The van der Waals surface area contributed by atoms with Crippen LogP contribution in [0.2, 0.25) is 0 Å². The van der Waals surface area contributed by atoms with E-state index >= 15 is 0 Å². The van der Waals surface area contributed by atoms with E-state index in [1.54, 1.807) is 30.3 Å². The van der Waals surface area contributed by atoms with Crippen molar-refractivity contribution in [1.82, 2.24) is 20.2 Å². The topological polar surface area (TPSA) is 133 Å². The quantitative estimate of drug-likeness (QED) is 0.299. The number of aromatic amines is 1. The van der Waals surface area contributed by atoms with Crippen LogP contribution < -0.4 is 16.5 Å². The molecule has 4 rings (SSSR count). The minimum atomic E-state index is -0.717. The van der Waals surface area contributed by atoms with Gasteiger partial charge in [-0.1, -0.05) is 37.1 Å². The molecule has 1 amide bonds. The molecule has 9 heteroatoms. The van der Waals surface area contributed by atoms with Gasteiger partial charge in [0, 0.05) is 11.1 Å². The highest BCUT2D eigenvalue weighted by atomic mass is 16.2. The first-order valence-electron chi connectivity index (χ1n) is 11.9. The fraction of sp³-hybridized carbons (Fsp3) is 0.214. The van der Waals surface area contributed by atoms with Gasteiger partial charge in [-0.15, -0.1) is 0 Å². The lowest BCUT2D eigenvalue weighted by molar-refractivity contribution is 0.0947. The molecule has 37 heavy (non-hydrogen) atoms. The Bertz CT molecular complexity index is 1670. The van der Waals surface area contributed by atoms with Crippen molar-refractivity contribution in [1.29, 1.82) is 5.26 Å². The molecule has 186 valence electrons. The van der Waals surface area contributed by atoms with E-state index in [9.17, 15) is 19.6 Å². The van der Waals surface area contributed by atoms with Crippen molar-refractivity contribution in [3.63, 3.8) is 0 Å². The largest absolute Gasteiger partial charge is 0.321 e. The van der Waals surface area contributed by atoms with Crippen LogP contribution in [0.1, 0.15) is 58.1 Å². The summed E-state index contributed by atoms with van der Waals surface area (Å²) in [6.45, 7) is 5.52. The average molecular weight is 495 g/mol. The molecule has 2 aromatic heterocycles. The number of pyridine rings is 1. The molecule has 0 fully saturated rings. The zero-order chi connectivity index (χ0) is 26.5. The smallest absolute Gasteiger partial charge is 0.292 e. The molecule has 4 aromatic rings. The van der Waals surface area contributed by atoms with Crippen LogP contribution in [0.5, 0.6) is 0 Å². The van der Waals surface area contributed by atoms with Gasteiger partial charge in [-0.05, 0) is 68.0 Å².